The molecule has 3 heterocycles. The van der Waals surface area contributed by atoms with Crippen LogP contribution in [0.5, 0.6) is 0 Å². The van der Waals surface area contributed by atoms with Gasteiger partial charge in [-0.3, -0.25) is 4.40 Å². The van der Waals surface area contributed by atoms with Crippen LogP contribution in [0.1, 0.15) is 17.4 Å². The smallest absolute Gasteiger partial charge is 0.306 e. The van der Waals surface area contributed by atoms with E-state index >= 15 is 0 Å². The molecule has 0 saturated carbocycles. The second-order valence-corrected chi connectivity index (χ2v) is 5.43. The fraction of sp³-hybridized carbons (Fsp3) is 0.455. The Morgan fingerprint density at radius 2 is 2.16 bits per heavy atom. The lowest BCUT2D eigenvalue weighted by molar-refractivity contribution is -0.137. The van der Waals surface area contributed by atoms with Gasteiger partial charge in [0.1, 0.15) is 0 Å². The number of hydrogen-bond donors (Lipinski definition) is 1. The van der Waals surface area contributed by atoms with Crippen molar-refractivity contribution in [1.82, 2.24) is 19.9 Å². The summed E-state index contributed by atoms with van der Waals surface area (Å²) in [5.41, 5.74) is -0.259. The van der Waals surface area contributed by atoms with Crippen molar-refractivity contribution >= 4 is 17.4 Å². The first-order valence-electron chi connectivity index (χ1n) is 5.79. The third-order valence-electron chi connectivity index (χ3n) is 2.99. The van der Waals surface area contributed by atoms with Crippen molar-refractivity contribution in [2.24, 2.45) is 0 Å². The van der Waals surface area contributed by atoms with Crippen molar-refractivity contribution in [1.29, 1.82) is 0 Å². The molecule has 0 spiro atoms. The highest BCUT2D eigenvalue weighted by molar-refractivity contribution is 7.99. The lowest BCUT2D eigenvalue weighted by Gasteiger charge is -2.21. The monoisotopic (exact) mass is 288 g/mol. The van der Waals surface area contributed by atoms with E-state index in [0.717, 1.165) is 30.3 Å². The SMILES string of the molecule is FC(F)(F)c1ccc2nnc(C3CSCCN3)n2c1. The van der Waals surface area contributed by atoms with Crippen molar-refractivity contribution in [2.45, 2.75) is 12.2 Å². The summed E-state index contributed by atoms with van der Waals surface area (Å²) >= 11 is 1.75. The zero-order chi connectivity index (χ0) is 13.5. The summed E-state index contributed by atoms with van der Waals surface area (Å²) in [6.07, 6.45) is -3.30. The molecule has 1 unspecified atom stereocenters. The molecule has 1 fully saturated rings. The van der Waals surface area contributed by atoms with E-state index < -0.39 is 11.7 Å². The van der Waals surface area contributed by atoms with Gasteiger partial charge >= 0.3 is 6.18 Å². The van der Waals surface area contributed by atoms with Gasteiger partial charge in [-0.25, -0.2) is 0 Å². The summed E-state index contributed by atoms with van der Waals surface area (Å²) in [5, 5.41) is 11.2. The zero-order valence-electron chi connectivity index (χ0n) is 9.81. The van der Waals surface area contributed by atoms with Gasteiger partial charge in [-0.1, -0.05) is 0 Å². The number of thioether (sulfide) groups is 1. The molecule has 8 heteroatoms. The molecule has 1 saturated heterocycles. The van der Waals surface area contributed by atoms with Crippen LogP contribution in [0.2, 0.25) is 0 Å². The molecule has 2 aromatic rings. The Morgan fingerprint density at radius 1 is 1.32 bits per heavy atom. The van der Waals surface area contributed by atoms with Crippen LogP contribution in [0.25, 0.3) is 5.65 Å². The third-order valence-corrected chi connectivity index (χ3v) is 4.05. The second-order valence-electron chi connectivity index (χ2n) is 4.28. The normalized spacial score (nSPS) is 20.9. The topological polar surface area (TPSA) is 42.2 Å². The van der Waals surface area contributed by atoms with Crippen LogP contribution in [0, 0.1) is 0 Å². The van der Waals surface area contributed by atoms with Crippen LogP contribution in [-0.4, -0.2) is 32.6 Å². The van der Waals surface area contributed by atoms with Crippen LogP contribution >= 0.6 is 11.8 Å². The maximum atomic E-state index is 12.7. The Kier molecular flexibility index (Phi) is 3.14. The molecule has 102 valence electrons. The molecule has 2 aromatic heterocycles. The first kappa shape index (κ1) is 12.7. The Balaban J connectivity index is 2.05. The highest BCUT2D eigenvalue weighted by Gasteiger charge is 2.31. The zero-order valence-corrected chi connectivity index (χ0v) is 10.6. The molecular weight excluding hydrogens is 277 g/mol. The average Bonchev–Trinajstić information content (AvgIpc) is 2.81. The first-order chi connectivity index (χ1) is 9.05. The maximum Gasteiger partial charge on any atom is 0.417 e. The molecule has 0 aliphatic carbocycles. The van der Waals surface area contributed by atoms with Crippen molar-refractivity contribution in [3.63, 3.8) is 0 Å². The molecule has 1 aliphatic rings. The summed E-state index contributed by atoms with van der Waals surface area (Å²) in [7, 11) is 0. The summed E-state index contributed by atoms with van der Waals surface area (Å²) < 4.78 is 39.6. The Morgan fingerprint density at radius 3 is 2.84 bits per heavy atom. The number of pyridine rings is 1. The summed E-state index contributed by atoms with van der Waals surface area (Å²) in [4.78, 5) is 0. The predicted octanol–water partition coefficient (Wildman–Crippen LogP) is 2.13. The predicted molar refractivity (Wildman–Crippen MR) is 66.1 cm³/mol. The molecule has 1 aliphatic heterocycles. The molecule has 19 heavy (non-hydrogen) atoms. The molecule has 3 rings (SSSR count). The fourth-order valence-electron chi connectivity index (χ4n) is 2.05. The minimum atomic E-state index is -4.36. The number of fused-ring (bicyclic) bond motifs is 1. The maximum absolute atomic E-state index is 12.7. The Bertz CT molecular complexity index is 589. The first-order valence-corrected chi connectivity index (χ1v) is 6.94. The number of nitrogens with one attached hydrogen (secondary N) is 1. The minimum Gasteiger partial charge on any atom is -0.306 e. The summed E-state index contributed by atoms with van der Waals surface area (Å²) in [6.45, 7) is 0.823. The van der Waals surface area contributed by atoms with Crippen LogP contribution in [0.15, 0.2) is 18.3 Å². The lowest BCUT2D eigenvalue weighted by atomic mass is 10.2. The van der Waals surface area contributed by atoms with Crippen molar-refractivity contribution in [3.8, 4) is 0 Å². The fourth-order valence-corrected chi connectivity index (χ4v) is 2.98. The van der Waals surface area contributed by atoms with Gasteiger partial charge in [-0.05, 0) is 12.1 Å². The molecule has 0 bridgehead atoms. The van der Waals surface area contributed by atoms with E-state index in [2.05, 4.69) is 15.5 Å². The largest absolute Gasteiger partial charge is 0.417 e. The molecule has 4 nitrogen and oxygen atoms in total. The number of halogens is 3. The number of aromatic nitrogens is 3. The van der Waals surface area contributed by atoms with Gasteiger partial charge in [-0.2, -0.15) is 24.9 Å². The van der Waals surface area contributed by atoms with Crippen molar-refractivity contribution < 1.29 is 13.2 Å². The van der Waals surface area contributed by atoms with E-state index in [4.69, 9.17) is 0 Å². The molecule has 1 atom stereocenters. The van der Waals surface area contributed by atoms with Gasteiger partial charge in [0.2, 0.25) is 0 Å². The minimum absolute atomic E-state index is 0.0581. The standard InChI is InChI=1S/C11H11F3N4S/c12-11(13,14)7-1-2-9-16-17-10(18(9)5-7)8-6-19-4-3-15-8/h1-2,5,8,15H,3-4,6H2. The summed E-state index contributed by atoms with van der Waals surface area (Å²) in [6, 6.07) is 2.31. The number of nitrogens with zero attached hydrogens (tertiary/aromatic N) is 3. The van der Waals surface area contributed by atoms with Gasteiger partial charge < -0.3 is 5.32 Å². The highest BCUT2D eigenvalue weighted by Crippen LogP contribution is 2.30. The van der Waals surface area contributed by atoms with E-state index in [0.29, 0.717) is 11.5 Å². The van der Waals surface area contributed by atoms with Crippen molar-refractivity contribution in [3.05, 3.63) is 29.7 Å². The average molecular weight is 288 g/mol. The van der Waals surface area contributed by atoms with Gasteiger partial charge in [0.15, 0.2) is 11.5 Å². The quantitative estimate of drug-likeness (QED) is 0.873. The molecule has 0 aromatic carbocycles. The van der Waals surface area contributed by atoms with Gasteiger partial charge in [-0.15, -0.1) is 10.2 Å². The van der Waals surface area contributed by atoms with Crippen LogP contribution in [0.3, 0.4) is 0 Å². The molecule has 0 radical (unpaired) electrons. The Labute approximate surface area is 111 Å². The Hall–Kier alpha value is -1.28. The van der Waals surface area contributed by atoms with Crippen LogP contribution in [0.4, 0.5) is 13.2 Å². The number of alkyl halides is 3. The highest BCUT2D eigenvalue weighted by atomic mass is 32.2. The van der Waals surface area contributed by atoms with E-state index in [-0.39, 0.29) is 6.04 Å². The van der Waals surface area contributed by atoms with Gasteiger partial charge in [0.05, 0.1) is 11.6 Å². The molecule has 1 N–H and O–H groups in total. The van der Waals surface area contributed by atoms with E-state index in [9.17, 15) is 13.2 Å². The van der Waals surface area contributed by atoms with Gasteiger partial charge in [0, 0.05) is 24.2 Å². The van der Waals surface area contributed by atoms with E-state index in [1.54, 1.807) is 11.8 Å². The number of rotatable bonds is 1. The third kappa shape index (κ3) is 2.42. The summed E-state index contributed by atoms with van der Waals surface area (Å²) in [5.74, 6) is 2.33. The molecule has 0 amide bonds. The lowest BCUT2D eigenvalue weighted by Crippen LogP contribution is -2.31. The van der Waals surface area contributed by atoms with Crippen LogP contribution in [-0.2, 0) is 6.18 Å². The van der Waals surface area contributed by atoms with E-state index in [1.165, 1.54) is 10.5 Å². The van der Waals surface area contributed by atoms with E-state index in [1.807, 2.05) is 0 Å². The number of hydrogen-bond acceptors (Lipinski definition) is 4. The van der Waals surface area contributed by atoms with Crippen molar-refractivity contribution in [2.75, 3.05) is 18.1 Å². The molecular formula is C11H11F3N4S. The van der Waals surface area contributed by atoms with Crippen LogP contribution < -0.4 is 5.32 Å². The second kappa shape index (κ2) is 4.68. The van der Waals surface area contributed by atoms with Gasteiger partial charge in [0.25, 0.3) is 0 Å².